The lowest BCUT2D eigenvalue weighted by atomic mass is 9.44. The molecule has 288 valence electrons. The quantitative estimate of drug-likeness (QED) is 0.238. The Labute approximate surface area is 311 Å². The summed E-state index contributed by atoms with van der Waals surface area (Å²) in [6, 6.07) is 0. The maximum absolute atomic E-state index is 16.9. The largest absolute Gasteiger partial charge is 0.390 e. The van der Waals surface area contributed by atoms with Crippen molar-refractivity contribution in [3.63, 3.8) is 0 Å². The van der Waals surface area contributed by atoms with E-state index in [1.165, 1.54) is 12.2 Å². The summed E-state index contributed by atoms with van der Waals surface area (Å²) in [6.07, 6.45) is 9.29. The summed E-state index contributed by atoms with van der Waals surface area (Å²) in [5.41, 5.74) is -7.74. The molecule has 0 spiro atoms. The molecule has 8 rings (SSSR count). The fourth-order valence-corrected chi connectivity index (χ4v) is 14.2. The zero-order chi connectivity index (χ0) is 38.2. The molecule has 7 nitrogen and oxygen atoms in total. The minimum atomic E-state index is -1.95. The van der Waals surface area contributed by atoms with Crippen LogP contribution in [-0.4, -0.2) is 78.4 Å². The van der Waals surface area contributed by atoms with Crippen LogP contribution in [0.5, 0.6) is 0 Å². The molecule has 4 N–H and O–H groups in total. The van der Waals surface area contributed by atoms with Crippen LogP contribution >= 0.6 is 11.6 Å². The molecule has 0 amide bonds. The summed E-state index contributed by atoms with van der Waals surface area (Å²) in [4.78, 5) is 36.3. The Kier molecular flexibility index (Phi) is 8.78. The molecule has 0 radical (unpaired) electrons. The molecular formula is C42H57ClF2O7. The van der Waals surface area contributed by atoms with E-state index in [1.54, 1.807) is 19.1 Å². The standard InChI is InChI=1S/C22H28ClFO4.C20H29FO3/c1-12-8-16-15-5-4-13-9-14(25)6-7-19(13,2)21(15,24)17(26)10-20(16,3)22(12,28)18(27)11-23;1-17-8-6-13(22)10-12(17)4-5-15-14-7-9-19(3,24)18(14,2)11-16(23)20(15,17)21/h6-7,9,12,15-17,26,28H,4-5,8,10-11H2,1-3H3;10,14-16,23-24H,4-9,11H2,1-3H3/t12-,15-,16-,17-,19-,20-,21-,22-;14-,15-,16-,17-,18-,19-,20-/m00/s1. The molecule has 0 aromatic heterocycles. The summed E-state index contributed by atoms with van der Waals surface area (Å²) in [5, 5.41) is 44.5. The van der Waals surface area contributed by atoms with Gasteiger partial charge in [-0.15, -0.1) is 11.6 Å². The lowest BCUT2D eigenvalue weighted by Gasteiger charge is -2.63. The highest BCUT2D eigenvalue weighted by molar-refractivity contribution is 6.29. The molecule has 6 saturated carbocycles. The Hall–Kier alpha value is -1.78. The van der Waals surface area contributed by atoms with Gasteiger partial charge < -0.3 is 20.4 Å². The number of fused-ring (bicyclic) bond motifs is 10. The molecule has 8 aliphatic rings. The van der Waals surface area contributed by atoms with E-state index in [4.69, 9.17) is 11.6 Å². The van der Waals surface area contributed by atoms with Crippen molar-refractivity contribution in [1.29, 1.82) is 0 Å². The van der Waals surface area contributed by atoms with Gasteiger partial charge in [0.1, 0.15) is 11.3 Å². The summed E-state index contributed by atoms with van der Waals surface area (Å²) >= 11 is 5.81. The molecule has 0 unspecified atom stereocenters. The number of halogens is 3. The normalized spacial score (nSPS) is 54.6. The minimum absolute atomic E-state index is 0.0151. The molecule has 52 heavy (non-hydrogen) atoms. The highest BCUT2D eigenvalue weighted by Gasteiger charge is 2.76. The van der Waals surface area contributed by atoms with Crippen LogP contribution in [0, 0.1) is 51.2 Å². The van der Waals surface area contributed by atoms with Crippen LogP contribution in [0.3, 0.4) is 0 Å². The van der Waals surface area contributed by atoms with Crippen LogP contribution in [0.4, 0.5) is 8.78 Å². The molecule has 0 aliphatic heterocycles. The van der Waals surface area contributed by atoms with Crippen molar-refractivity contribution in [2.24, 2.45) is 51.2 Å². The van der Waals surface area contributed by atoms with Crippen LogP contribution in [0.25, 0.3) is 0 Å². The van der Waals surface area contributed by atoms with Crippen molar-refractivity contribution in [1.82, 2.24) is 0 Å². The van der Waals surface area contributed by atoms with Gasteiger partial charge in [-0.05, 0) is 114 Å². The first kappa shape index (κ1) is 38.5. The molecule has 15 atom stereocenters. The van der Waals surface area contributed by atoms with Crippen molar-refractivity contribution >= 4 is 29.0 Å². The van der Waals surface area contributed by atoms with Crippen LogP contribution in [0.15, 0.2) is 35.5 Å². The molecule has 0 heterocycles. The van der Waals surface area contributed by atoms with Gasteiger partial charge in [0.2, 0.25) is 0 Å². The van der Waals surface area contributed by atoms with Crippen LogP contribution in [0.2, 0.25) is 0 Å². The summed E-state index contributed by atoms with van der Waals surface area (Å²) in [7, 11) is 0. The van der Waals surface area contributed by atoms with Gasteiger partial charge in [-0.25, -0.2) is 8.78 Å². The molecule has 0 aromatic rings. The molecule has 0 bridgehead atoms. The van der Waals surface area contributed by atoms with Crippen molar-refractivity contribution in [3.8, 4) is 0 Å². The number of aliphatic hydroxyl groups excluding tert-OH is 2. The average Bonchev–Trinajstić information content (AvgIpc) is 3.43. The maximum Gasteiger partial charge on any atom is 0.179 e. The fourth-order valence-electron chi connectivity index (χ4n) is 14.0. The first-order chi connectivity index (χ1) is 24.0. The lowest BCUT2D eigenvalue weighted by Crippen LogP contribution is -2.69. The first-order valence-electron chi connectivity index (χ1n) is 19.5. The number of Topliss-reactive ketones (excluding diaryl/α,β-unsaturated/α-hetero) is 1. The van der Waals surface area contributed by atoms with Gasteiger partial charge in [0.25, 0.3) is 0 Å². The smallest absolute Gasteiger partial charge is 0.179 e. The minimum Gasteiger partial charge on any atom is -0.390 e. The van der Waals surface area contributed by atoms with Crippen molar-refractivity contribution < 1.29 is 43.6 Å². The summed E-state index contributed by atoms with van der Waals surface area (Å²) in [5.74, 6) is -2.09. The number of hydrogen-bond donors (Lipinski definition) is 4. The van der Waals surface area contributed by atoms with E-state index in [0.717, 1.165) is 24.0 Å². The second-order valence-electron chi connectivity index (χ2n) is 19.2. The summed E-state index contributed by atoms with van der Waals surface area (Å²) in [6.45, 7) is 11.2. The van der Waals surface area contributed by atoms with Gasteiger partial charge >= 0.3 is 0 Å². The Morgan fingerprint density at radius 3 is 2.06 bits per heavy atom. The SMILES string of the molecule is C[C@H]1C[C@H]2[C@@H]3CCC4=CC(=O)C=C[C@]4(C)[C@@]3(F)[C@@H](O)C[C@]2(C)[C@@]1(O)C(=O)CCl.C[C@]1(O)CC[C@H]2[C@@H]3CCC4=CC(=O)CC[C@]4(C)[C@@]3(F)[C@@H](O)C[C@@]21C. The third kappa shape index (κ3) is 4.52. The zero-order valence-electron chi connectivity index (χ0n) is 31.5. The Morgan fingerprint density at radius 1 is 0.808 bits per heavy atom. The van der Waals surface area contributed by atoms with E-state index >= 15 is 8.78 Å². The van der Waals surface area contributed by atoms with Crippen LogP contribution in [-0.2, 0) is 14.4 Å². The van der Waals surface area contributed by atoms with E-state index in [0.29, 0.717) is 51.4 Å². The molecule has 10 heteroatoms. The molecule has 0 aromatic carbocycles. The number of ketones is 3. The third-order valence-corrected chi connectivity index (χ3v) is 17.6. The Bertz CT molecular complexity index is 1670. The van der Waals surface area contributed by atoms with Gasteiger partial charge in [-0.3, -0.25) is 14.4 Å². The number of carbonyl (C=O) groups is 3. The van der Waals surface area contributed by atoms with Crippen molar-refractivity contribution in [2.45, 2.75) is 147 Å². The molecular weight excluding hydrogens is 690 g/mol. The highest BCUT2D eigenvalue weighted by atomic mass is 35.5. The molecule has 0 saturated heterocycles. The van der Waals surface area contributed by atoms with E-state index in [-0.39, 0.29) is 47.5 Å². The van der Waals surface area contributed by atoms with Crippen molar-refractivity contribution in [3.05, 3.63) is 35.5 Å². The number of allylic oxidation sites excluding steroid dienone is 5. The van der Waals surface area contributed by atoms with Gasteiger partial charge in [0.15, 0.2) is 23.0 Å². The number of carbonyl (C=O) groups excluding carboxylic acids is 3. The molecule has 8 aliphatic carbocycles. The topological polar surface area (TPSA) is 132 Å². The van der Waals surface area contributed by atoms with Crippen LogP contribution < -0.4 is 0 Å². The first-order valence-corrected chi connectivity index (χ1v) is 20.0. The second-order valence-corrected chi connectivity index (χ2v) is 19.4. The second kappa shape index (κ2) is 11.9. The van der Waals surface area contributed by atoms with E-state index in [1.807, 2.05) is 34.6 Å². The maximum atomic E-state index is 16.9. The van der Waals surface area contributed by atoms with E-state index < -0.39 is 68.1 Å². The number of alkyl halides is 3. The monoisotopic (exact) mass is 746 g/mol. The number of rotatable bonds is 2. The number of aliphatic hydroxyl groups is 4. The third-order valence-electron chi connectivity index (χ3n) is 17.4. The Balaban J connectivity index is 0.000000164. The van der Waals surface area contributed by atoms with Gasteiger partial charge in [-0.1, -0.05) is 44.9 Å². The lowest BCUT2D eigenvalue weighted by molar-refractivity contribution is -0.225. The fraction of sp³-hybridized carbons (Fsp3) is 0.786. The Morgan fingerprint density at radius 2 is 1.40 bits per heavy atom. The van der Waals surface area contributed by atoms with E-state index in [2.05, 4.69) is 0 Å². The molecule has 6 fully saturated rings. The van der Waals surface area contributed by atoms with Gasteiger partial charge in [0, 0.05) is 39.9 Å². The predicted octanol–water partition coefficient (Wildman–Crippen LogP) is 6.47. The van der Waals surface area contributed by atoms with Gasteiger partial charge in [-0.2, -0.15) is 0 Å². The average molecular weight is 747 g/mol. The van der Waals surface area contributed by atoms with Crippen molar-refractivity contribution in [2.75, 3.05) is 5.88 Å². The highest BCUT2D eigenvalue weighted by Crippen LogP contribution is 2.72. The van der Waals surface area contributed by atoms with Crippen LogP contribution in [0.1, 0.15) is 112 Å². The predicted molar refractivity (Wildman–Crippen MR) is 193 cm³/mol. The summed E-state index contributed by atoms with van der Waals surface area (Å²) < 4.78 is 33.5. The van der Waals surface area contributed by atoms with E-state index in [9.17, 15) is 34.8 Å². The number of hydrogen-bond acceptors (Lipinski definition) is 7. The van der Waals surface area contributed by atoms with Gasteiger partial charge in [0.05, 0.1) is 23.7 Å². The zero-order valence-corrected chi connectivity index (χ0v) is 32.2.